The van der Waals surface area contributed by atoms with Crippen LogP contribution >= 0.6 is 0 Å². The van der Waals surface area contributed by atoms with Gasteiger partial charge in [-0.1, -0.05) is 60.7 Å². The van der Waals surface area contributed by atoms with Crippen molar-refractivity contribution in [1.82, 2.24) is 10.2 Å². The molecule has 0 aromatic heterocycles. The highest BCUT2D eigenvalue weighted by Crippen LogP contribution is 2.33. The molecule has 0 saturated heterocycles. The van der Waals surface area contributed by atoms with E-state index in [-0.39, 0.29) is 12.0 Å². The van der Waals surface area contributed by atoms with Crippen LogP contribution in [-0.4, -0.2) is 42.4 Å². The first-order valence-electron chi connectivity index (χ1n) is 10.4. The fourth-order valence-corrected chi connectivity index (χ4v) is 4.05. The van der Waals surface area contributed by atoms with Crippen molar-refractivity contribution in [3.05, 3.63) is 89.0 Å². The van der Waals surface area contributed by atoms with Crippen molar-refractivity contribution in [2.24, 2.45) is 4.99 Å². The molecule has 4 rings (SSSR count). The number of esters is 1. The van der Waals surface area contributed by atoms with Crippen LogP contribution in [0.25, 0.3) is 5.70 Å². The van der Waals surface area contributed by atoms with Crippen molar-refractivity contribution >= 4 is 18.0 Å². The summed E-state index contributed by atoms with van der Waals surface area (Å²) in [7, 11) is 0. The van der Waals surface area contributed by atoms with Gasteiger partial charge in [0.2, 0.25) is 0 Å². The Morgan fingerprint density at radius 2 is 1.83 bits per heavy atom. The molecule has 0 radical (unpaired) electrons. The van der Waals surface area contributed by atoms with Crippen molar-refractivity contribution in [3.8, 4) is 0 Å². The van der Waals surface area contributed by atoms with Crippen LogP contribution < -0.4 is 5.32 Å². The van der Waals surface area contributed by atoms with E-state index in [9.17, 15) is 4.79 Å². The van der Waals surface area contributed by atoms with Crippen LogP contribution in [-0.2, 0) is 16.1 Å². The Morgan fingerprint density at radius 3 is 2.53 bits per heavy atom. The number of nitrogens with zero attached hydrogens (tertiary/aromatic N) is 2. The van der Waals surface area contributed by atoms with Gasteiger partial charge < -0.3 is 15.0 Å². The van der Waals surface area contributed by atoms with E-state index in [0.717, 1.165) is 17.7 Å². The van der Waals surface area contributed by atoms with Crippen LogP contribution in [0.4, 0.5) is 0 Å². The lowest BCUT2D eigenvalue weighted by molar-refractivity contribution is -0.145. The van der Waals surface area contributed by atoms with Crippen LogP contribution in [0, 0.1) is 0 Å². The molecule has 2 aromatic rings. The molecule has 2 aliphatic heterocycles. The monoisotopic (exact) mass is 401 g/mol. The molecule has 2 atom stereocenters. The molecule has 0 saturated carbocycles. The molecule has 0 aliphatic carbocycles. The minimum absolute atomic E-state index is 0.254. The van der Waals surface area contributed by atoms with Gasteiger partial charge >= 0.3 is 5.97 Å². The first-order chi connectivity index (χ1) is 14.7. The van der Waals surface area contributed by atoms with Gasteiger partial charge in [-0.15, -0.1) is 0 Å². The molecule has 154 valence electrons. The molecule has 0 fully saturated rings. The highest BCUT2D eigenvalue weighted by Gasteiger charge is 2.37. The summed E-state index contributed by atoms with van der Waals surface area (Å²) < 4.78 is 5.26. The standard InChI is InChI=1S/C25H27N3O2/c1-3-30-25(29)24-23(26-17-27-24)21-16-28(15-19-10-6-4-7-11-19)22(14-18(21)2)20-12-8-5-9-13-20/h4-14,17,23-24H,3,15-16H2,1-2H3,(H,26,27)/t23-,24-/m0/s1. The summed E-state index contributed by atoms with van der Waals surface area (Å²) in [6, 6.07) is 20.2. The number of ether oxygens (including phenoxy) is 1. The fourth-order valence-electron chi connectivity index (χ4n) is 4.05. The molecule has 30 heavy (non-hydrogen) atoms. The smallest absolute Gasteiger partial charge is 0.331 e. The first-order valence-corrected chi connectivity index (χ1v) is 10.4. The Hall–Kier alpha value is -3.34. The zero-order chi connectivity index (χ0) is 20.9. The Morgan fingerprint density at radius 1 is 1.13 bits per heavy atom. The average Bonchev–Trinajstić information content (AvgIpc) is 3.26. The molecule has 2 aromatic carbocycles. The molecule has 0 spiro atoms. The van der Waals surface area contributed by atoms with Gasteiger partial charge in [0.25, 0.3) is 0 Å². The first kappa shape index (κ1) is 20.0. The SMILES string of the molecule is CCOC(=O)[C@H]1NC=N[C@H]1C1=C(C)C=C(c2ccccc2)N(Cc2ccccc2)C1. The number of hydrogen-bond acceptors (Lipinski definition) is 5. The number of aliphatic imine (C=N–C) groups is 1. The Bertz CT molecular complexity index is 980. The number of carbonyl (C=O) groups excluding carboxylic acids is 1. The number of benzene rings is 2. The van der Waals surface area contributed by atoms with Gasteiger partial charge in [0, 0.05) is 18.8 Å². The van der Waals surface area contributed by atoms with Crippen LogP contribution in [0.3, 0.4) is 0 Å². The van der Waals surface area contributed by atoms with Gasteiger partial charge in [0.05, 0.1) is 12.9 Å². The molecule has 2 aliphatic rings. The van der Waals surface area contributed by atoms with Crippen LogP contribution in [0.15, 0.2) is 82.9 Å². The lowest BCUT2D eigenvalue weighted by Gasteiger charge is -2.35. The van der Waals surface area contributed by atoms with Gasteiger partial charge in [-0.25, -0.2) is 4.79 Å². The number of hydrogen-bond donors (Lipinski definition) is 1. The molecular weight excluding hydrogens is 374 g/mol. The number of nitrogens with one attached hydrogen (secondary N) is 1. The Labute approximate surface area is 177 Å². The fraction of sp³-hybridized carbons (Fsp3) is 0.280. The number of rotatable bonds is 6. The summed E-state index contributed by atoms with van der Waals surface area (Å²) in [4.78, 5) is 19.4. The summed E-state index contributed by atoms with van der Waals surface area (Å²) in [5, 5.41) is 3.08. The summed E-state index contributed by atoms with van der Waals surface area (Å²) in [6.07, 6.45) is 3.84. The quantitative estimate of drug-likeness (QED) is 0.749. The minimum atomic E-state index is -0.472. The molecule has 2 heterocycles. The Balaban J connectivity index is 1.69. The van der Waals surface area contributed by atoms with Gasteiger partial charge in [0.15, 0.2) is 6.04 Å². The minimum Gasteiger partial charge on any atom is -0.464 e. The molecular formula is C25H27N3O2. The third-order valence-electron chi connectivity index (χ3n) is 5.55. The molecule has 0 bridgehead atoms. The highest BCUT2D eigenvalue weighted by molar-refractivity contribution is 5.83. The van der Waals surface area contributed by atoms with Crippen molar-refractivity contribution < 1.29 is 9.53 Å². The highest BCUT2D eigenvalue weighted by atomic mass is 16.5. The van der Waals surface area contributed by atoms with E-state index in [4.69, 9.17) is 4.74 Å². The van der Waals surface area contributed by atoms with E-state index in [1.54, 1.807) is 6.34 Å². The van der Waals surface area contributed by atoms with E-state index < -0.39 is 6.04 Å². The summed E-state index contributed by atoms with van der Waals surface area (Å²) in [5.74, 6) is -0.257. The average molecular weight is 402 g/mol. The maximum Gasteiger partial charge on any atom is 0.331 e. The van der Waals surface area contributed by atoms with E-state index in [2.05, 4.69) is 76.7 Å². The Kier molecular flexibility index (Phi) is 5.98. The van der Waals surface area contributed by atoms with E-state index in [1.165, 1.54) is 16.8 Å². The maximum atomic E-state index is 12.4. The van der Waals surface area contributed by atoms with Crippen molar-refractivity contribution in [3.63, 3.8) is 0 Å². The van der Waals surface area contributed by atoms with Crippen molar-refractivity contribution in [1.29, 1.82) is 0 Å². The van der Waals surface area contributed by atoms with E-state index in [1.807, 2.05) is 19.1 Å². The zero-order valence-electron chi connectivity index (χ0n) is 17.4. The van der Waals surface area contributed by atoms with Gasteiger partial charge in [-0.05, 0) is 42.2 Å². The lowest BCUT2D eigenvalue weighted by Crippen LogP contribution is -2.44. The summed E-state index contributed by atoms with van der Waals surface area (Å²) in [5.41, 5.74) is 5.90. The van der Waals surface area contributed by atoms with Crippen molar-refractivity contribution in [2.75, 3.05) is 13.2 Å². The zero-order valence-corrected chi connectivity index (χ0v) is 17.4. The topological polar surface area (TPSA) is 53.9 Å². The molecule has 5 heteroatoms. The second kappa shape index (κ2) is 8.99. The second-order valence-corrected chi connectivity index (χ2v) is 7.56. The second-order valence-electron chi connectivity index (χ2n) is 7.56. The van der Waals surface area contributed by atoms with Gasteiger partial charge in [0.1, 0.15) is 6.04 Å². The molecule has 1 N–H and O–H groups in total. The van der Waals surface area contributed by atoms with E-state index >= 15 is 0 Å². The van der Waals surface area contributed by atoms with Gasteiger partial charge in [-0.3, -0.25) is 4.99 Å². The predicted octanol–water partition coefficient (Wildman–Crippen LogP) is 3.79. The normalized spacial score (nSPS) is 20.7. The molecule has 0 unspecified atom stereocenters. The summed E-state index contributed by atoms with van der Waals surface area (Å²) in [6.45, 7) is 5.78. The van der Waals surface area contributed by atoms with Crippen LogP contribution in [0.5, 0.6) is 0 Å². The van der Waals surface area contributed by atoms with Crippen LogP contribution in [0.1, 0.15) is 25.0 Å². The lowest BCUT2D eigenvalue weighted by atomic mass is 9.91. The van der Waals surface area contributed by atoms with Crippen LogP contribution in [0.2, 0.25) is 0 Å². The largest absolute Gasteiger partial charge is 0.464 e. The summed E-state index contributed by atoms with van der Waals surface area (Å²) >= 11 is 0. The van der Waals surface area contributed by atoms with Crippen molar-refractivity contribution in [2.45, 2.75) is 32.5 Å². The number of allylic oxidation sites excluding steroid dienone is 2. The maximum absolute atomic E-state index is 12.4. The molecule has 5 nitrogen and oxygen atoms in total. The predicted molar refractivity (Wildman–Crippen MR) is 120 cm³/mol. The third-order valence-corrected chi connectivity index (χ3v) is 5.55. The third kappa shape index (κ3) is 4.15. The van der Waals surface area contributed by atoms with E-state index in [0.29, 0.717) is 13.2 Å². The van der Waals surface area contributed by atoms with Gasteiger partial charge in [-0.2, -0.15) is 0 Å². The number of carbonyl (C=O) groups is 1. The molecule has 0 amide bonds.